The Balaban J connectivity index is 0.00000261. The van der Waals surface area contributed by atoms with Crippen LogP contribution < -0.4 is 10.1 Å². The molecule has 0 spiro atoms. The van der Waals surface area contributed by atoms with E-state index in [9.17, 15) is 5.11 Å². The molecule has 0 aliphatic carbocycles. The molecule has 2 saturated heterocycles. The van der Waals surface area contributed by atoms with Crippen LogP contribution in [0.4, 0.5) is 0 Å². The number of ether oxygens (including phenoxy) is 1. The molecule has 0 radical (unpaired) electrons. The van der Waals surface area contributed by atoms with Gasteiger partial charge in [0, 0.05) is 31.7 Å². The second-order valence-electron chi connectivity index (χ2n) is 7.27. The van der Waals surface area contributed by atoms with Gasteiger partial charge < -0.3 is 25.0 Å². The quantitative estimate of drug-likeness (QED) is 0.367. The van der Waals surface area contributed by atoms with E-state index in [-0.39, 0.29) is 29.7 Å². The molecule has 1 aromatic rings. The van der Waals surface area contributed by atoms with Crippen LogP contribution in [0, 0.1) is 5.92 Å². The molecule has 6 nitrogen and oxygen atoms in total. The van der Waals surface area contributed by atoms with Crippen LogP contribution in [-0.2, 0) is 6.54 Å². The first kappa shape index (κ1) is 22.1. The van der Waals surface area contributed by atoms with Crippen LogP contribution in [-0.4, -0.2) is 67.2 Å². The summed E-state index contributed by atoms with van der Waals surface area (Å²) in [5, 5.41) is 13.5. The lowest BCUT2D eigenvalue weighted by Gasteiger charge is -2.23. The first-order valence-electron chi connectivity index (χ1n) is 9.81. The Morgan fingerprint density at radius 3 is 2.78 bits per heavy atom. The zero-order valence-corrected chi connectivity index (χ0v) is 18.8. The molecule has 2 N–H and O–H groups in total. The van der Waals surface area contributed by atoms with Gasteiger partial charge in [-0.15, -0.1) is 24.0 Å². The van der Waals surface area contributed by atoms with Crippen molar-refractivity contribution in [3.63, 3.8) is 0 Å². The van der Waals surface area contributed by atoms with Gasteiger partial charge in [-0.05, 0) is 63.4 Å². The Morgan fingerprint density at radius 1 is 1.30 bits per heavy atom. The standard InChI is InChI=1S/C20H32N4O2.HI/c1-3-21-20(22-13-17-12-18(26-2)6-7-19(17)25)24-11-8-16(15-24)14-23-9-4-5-10-23;/h6-7,12,16,25H,3-5,8-11,13-15H2,1-2H3,(H,21,22);1H. The van der Waals surface area contributed by atoms with Crippen molar-refractivity contribution in [3.05, 3.63) is 23.8 Å². The molecule has 2 fully saturated rings. The Kier molecular flexibility index (Phi) is 8.95. The molecular weight excluding hydrogens is 455 g/mol. The van der Waals surface area contributed by atoms with Crippen molar-refractivity contribution < 1.29 is 9.84 Å². The lowest BCUT2D eigenvalue weighted by Crippen LogP contribution is -2.40. The number of phenolic OH excluding ortho intramolecular Hbond substituents is 1. The van der Waals surface area contributed by atoms with Gasteiger partial charge in [0.25, 0.3) is 0 Å². The van der Waals surface area contributed by atoms with Gasteiger partial charge in [-0.2, -0.15) is 0 Å². The largest absolute Gasteiger partial charge is 0.508 e. The number of guanidine groups is 1. The number of benzene rings is 1. The van der Waals surface area contributed by atoms with E-state index < -0.39 is 0 Å². The number of likely N-dealkylation sites (tertiary alicyclic amines) is 2. The molecule has 1 atom stereocenters. The molecule has 2 aliphatic rings. The van der Waals surface area contributed by atoms with Gasteiger partial charge in [-0.25, -0.2) is 4.99 Å². The molecular formula is C20H33IN4O2. The van der Waals surface area contributed by atoms with E-state index in [1.165, 1.54) is 38.9 Å². The average Bonchev–Trinajstić information content (AvgIpc) is 3.32. The van der Waals surface area contributed by atoms with Gasteiger partial charge in [-0.3, -0.25) is 0 Å². The first-order chi connectivity index (χ1) is 12.7. The summed E-state index contributed by atoms with van der Waals surface area (Å²) in [6, 6.07) is 5.28. The molecule has 7 heteroatoms. The summed E-state index contributed by atoms with van der Waals surface area (Å²) in [4.78, 5) is 9.74. The van der Waals surface area contributed by atoms with Crippen LogP contribution in [0.1, 0.15) is 31.7 Å². The van der Waals surface area contributed by atoms with Crippen molar-refractivity contribution in [1.29, 1.82) is 0 Å². The molecule has 3 rings (SSSR count). The fourth-order valence-electron chi connectivity index (χ4n) is 3.91. The van der Waals surface area contributed by atoms with Crippen molar-refractivity contribution in [3.8, 4) is 11.5 Å². The molecule has 0 aromatic heterocycles. The molecule has 27 heavy (non-hydrogen) atoms. The topological polar surface area (TPSA) is 60.3 Å². The van der Waals surface area contributed by atoms with E-state index in [0.717, 1.165) is 42.8 Å². The lowest BCUT2D eigenvalue weighted by atomic mass is 10.1. The third kappa shape index (κ3) is 6.14. The Labute approximate surface area is 180 Å². The number of rotatable bonds is 6. The number of methoxy groups -OCH3 is 1. The Bertz CT molecular complexity index is 620. The van der Waals surface area contributed by atoms with Crippen molar-refractivity contribution in [1.82, 2.24) is 15.1 Å². The van der Waals surface area contributed by atoms with Crippen LogP contribution in [0.3, 0.4) is 0 Å². The summed E-state index contributed by atoms with van der Waals surface area (Å²) in [5.74, 6) is 2.67. The number of phenols is 1. The molecule has 152 valence electrons. The summed E-state index contributed by atoms with van der Waals surface area (Å²) in [5.41, 5.74) is 0.785. The van der Waals surface area contributed by atoms with Crippen LogP contribution in [0.15, 0.2) is 23.2 Å². The number of hydrogen-bond acceptors (Lipinski definition) is 4. The van der Waals surface area contributed by atoms with E-state index in [1.807, 2.05) is 6.07 Å². The average molecular weight is 488 g/mol. The molecule has 0 saturated carbocycles. The van der Waals surface area contributed by atoms with Crippen molar-refractivity contribution in [2.75, 3.05) is 46.4 Å². The monoisotopic (exact) mass is 488 g/mol. The zero-order chi connectivity index (χ0) is 18.4. The predicted molar refractivity (Wildman–Crippen MR) is 120 cm³/mol. The highest BCUT2D eigenvalue weighted by Gasteiger charge is 2.27. The van der Waals surface area contributed by atoms with E-state index in [2.05, 4.69) is 22.0 Å². The van der Waals surface area contributed by atoms with Crippen LogP contribution in [0.5, 0.6) is 11.5 Å². The van der Waals surface area contributed by atoms with Gasteiger partial charge >= 0.3 is 0 Å². The predicted octanol–water partition coefficient (Wildman–Crippen LogP) is 2.90. The SMILES string of the molecule is CCNC(=NCc1cc(OC)ccc1O)N1CCC(CN2CCCC2)C1.I. The minimum Gasteiger partial charge on any atom is -0.508 e. The smallest absolute Gasteiger partial charge is 0.194 e. The first-order valence-corrected chi connectivity index (χ1v) is 9.81. The van der Waals surface area contributed by atoms with E-state index in [4.69, 9.17) is 9.73 Å². The third-order valence-electron chi connectivity index (χ3n) is 5.32. The maximum Gasteiger partial charge on any atom is 0.194 e. The van der Waals surface area contributed by atoms with E-state index >= 15 is 0 Å². The van der Waals surface area contributed by atoms with Crippen molar-refractivity contribution >= 4 is 29.9 Å². The summed E-state index contributed by atoms with van der Waals surface area (Å²) >= 11 is 0. The minimum atomic E-state index is 0. The fourth-order valence-corrected chi connectivity index (χ4v) is 3.91. The third-order valence-corrected chi connectivity index (χ3v) is 5.32. The van der Waals surface area contributed by atoms with Gasteiger partial charge in [0.1, 0.15) is 11.5 Å². The minimum absolute atomic E-state index is 0. The highest BCUT2D eigenvalue weighted by molar-refractivity contribution is 14.0. The Morgan fingerprint density at radius 2 is 2.07 bits per heavy atom. The number of aromatic hydroxyl groups is 1. The Hall–Kier alpha value is -1.22. The highest BCUT2D eigenvalue weighted by Crippen LogP contribution is 2.24. The molecule has 1 unspecified atom stereocenters. The maximum absolute atomic E-state index is 10.1. The van der Waals surface area contributed by atoms with Gasteiger partial charge in [-0.1, -0.05) is 0 Å². The molecule has 2 heterocycles. The highest BCUT2D eigenvalue weighted by atomic mass is 127. The van der Waals surface area contributed by atoms with Gasteiger partial charge in [0.15, 0.2) is 5.96 Å². The molecule has 2 aliphatic heterocycles. The number of nitrogens with one attached hydrogen (secondary N) is 1. The summed E-state index contributed by atoms with van der Waals surface area (Å²) in [7, 11) is 1.63. The van der Waals surface area contributed by atoms with Crippen molar-refractivity contribution in [2.24, 2.45) is 10.9 Å². The number of nitrogens with zero attached hydrogens (tertiary/aromatic N) is 3. The van der Waals surface area contributed by atoms with Crippen molar-refractivity contribution in [2.45, 2.75) is 32.7 Å². The van der Waals surface area contributed by atoms with E-state index in [1.54, 1.807) is 19.2 Å². The number of halogens is 1. The molecule has 0 bridgehead atoms. The summed E-state index contributed by atoms with van der Waals surface area (Å²) < 4.78 is 5.25. The zero-order valence-electron chi connectivity index (χ0n) is 16.5. The summed E-state index contributed by atoms with van der Waals surface area (Å²) in [6.07, 6.45) is 3.93. The number of aliphatic imine (C=N–C) groups is 1. The van der Waals surface area contributed by atoms with Crippen LogP contribution in [0.2, 0.25) is 0 Å². The summed E-state index contributed by atoms with van der Waals surface area (Å²) in [6.45, 7) is 9.23. The van der Waals surface area contributed by atoms with E-state index in [0.29, 0.717) is 6.54 Å². The second-order valence-corrected chi connectivity index (χ2v) is 7.27. The number of hydrogen-bond donors (Lipinski definition) is 2. The molecule has 0 amide bonds. The van der Waals surface area contributed by atoms with Gasteiger partial charge in [0.05, 0.1) is 13.7 Å². The van der Waals surface area contributed by atoms with Crippen LogP contribution >= 0.6 is 24.0 Å². The maximum atomic E-state index is 10.1. The molecule has 1 aromatic carbocycles. The van der Waals surface area contributed by atoms with Gasteiger partial charge in [0.2, 0.25) is 0 Å². The second kappa shape index (κ2) is 10.9. The lowest BCUT2D eigenvalue weighted by molar-refractivity contribution is 0.281. The fraction of sp³-hybridized carbons (Fsp3) is 0.650. The normalized spacial score (nSPS) is 20.6. The van der Waals surface area contributed by atoms with Crippen LogP contribution in [0.25, 0.3) is 0 Å².